The first-order chi connectivity index (χ1) is 5.95. The lowest BCUT2D eigenvalue weighted by Crippen LogP contribution is -1.90. The van der Waals surface area contributed by atoms with Crippen LogP contribution in [0.15, 0.2) is 18.1 Å². The van der Waals surface area contributed by atoms with Gasteiger partial charge in [0, 0.05) is 11.7 Å². The van der Waals surface area contributed by atoms with Crippen LogP contribution in [0.4, 0.5) is 0 Å². The van der Waals surface area contributed by atoms with E-state index in [-0.39, 0.29) is 24.0 Å². The summed E-state index contributed by atoms with van der Waals surface area (Å²) in [5.74, 6) is -0.493. The van der Waals surface area contributed by atoms with E-state index in [1.54, 1.807) is 0 Å². The lowest BCUT2D eigenvalue weighted by Gasteiger charge is -2.02. The lowest BCUT2D eigenvalue weighted by molar-refractivity contribution is 0.450. The first-order valence-corrected chi connectivity index (χ1v) is 3.11. The summed E-state index contributed by atoms with van der Waals surface area (Å²) in [5, 5.41) is 9.15. The van der Waals surface area contributed by atoms with E-state index >= 15 is 0 Å². The number of aromatic hydroxyl groups is 1. The van der Waals surface area contributed by atoms with Crippen molar-refractivity contribution in [3.05, 3.63) is 23.8 Å². The normalized spacial score (nSPS) is 14.5. The second-order valence-electron chi connectivity index (χ2n) is 2.35. The summed E-state index contributed by atoms with van der Waals surface area (Å²) >= 11 is 0. The molecule has 0 saturated carbocycles. The summed E-state index contributed by atoms with van der Waals surface area (Å²) in [4.78, 5) is 3.69. The molecule has 0 aliphatic rings. The topological polar surface area (TPSA) is 33.1 Å². The zero-order valence-corrected chi connectivity index (χ0v) is 5.97. The van der Waals surface area contributed by atoms with Gasteiger partial charge in [-0.1, -0.05) is 19.9 Å². The highest BCUT2D eigenvalue weighted by atomic mass is 16.3. The van der Waals surface area contributed by atoms with Crippen LogP contribution in [-0.4, -0.2) is 10.1 Å². The molecule has 2 nitrogen and oxygen atoms in total. The summed E-state index contributed by atoms with van der Waals surface area (Å²) in [6.07, 6.45) is 0. The van der Waals surface area contributed by atoms with Crippen LogP contribution in [0.25, 0.3) is 0 Å². The van der Waals surface area contributed by atoms with Crippen molar-refractivity contribution < 1.29 is 9.22 Å². The van der Waals surface area contributed by atoms with E-state index in [0.29, 0.717) is 5.69 Å². The molecule has 1 aromatic rings. The Bertz CT molecular complexity index is 339. The highest BCUT2D eigenvalue weighted by molar-refractivity contribution is 5.16. The molecule has 0 saturated heterocycles. The Labute approximate surface area is 64.8 Å². The Morgan fingerprint density at radius 1 is 1.60 bits per heavy atom. The molecular formula is C8H11NO. The van der Waals surface area contributed by atoms with Gasteiger partial charge >= 0.3 is 0 Å². The lowest BCUT2D eigenvalue weighted by atomic mass is 10.1. The van der Waals surface area contributed by atoms with Crippen molar-refractivity contribution in [3.63, 3.8) is 0 Å². The van der Waals surface area contributed by atoms with Crippen LogP contribution < -0.4 is 0 Å². The molecule has 1 aromatic heterocycles. The number of rotatable bonds is 1. The van der Waals surface area contributed by atoms with Gasteiger partial charge in [-0.05, 0) is 12.0 Å². The van der Waals surface area contributed by atoms with Crippen molar-refractivity contribution in [1.82, 2.24) is 4.98 Å². The molecule has 0 unspecified atom stereocenters. The maximum atomic E-state index is 9.15. The van der Waals surface area contributed by atoms with E-state index in [4.69, 9.17) is 9.22 Å². The molecule has 2 heteroatoms. The van der Waals surface area contributed by atoms with Crippen LogP contribution in [0, 0.1) is 0 Å². The summed E-state index contributed by atoms with van der Waals surface area (Å²) in [5.41, 5.74) is 0.360. The third kappa shape index (κ3) is 1.47. The fourth-order valence-corrected chi connectivity index (χ4v) is 0.595. The quantitative estimate of drug-likeness (QED) is 0.646. The Morgan fingerprint density at radius 2 is 2.30 bits per heavy atom. The fourth-order valence-electron chi connectivity index (χ4n) is 0.595. The molecule has 0 amide bonds. The largest absolute Gasteiger partial charge is 0.493 e. The van der Waals surface area contributed by atoms with Crippen LogP contribution in [0.3, 0.4) is 0 Å². The minimum absolute atomic E-state index is 0.0249. The molecule has 0 bridgehead atoms. The van der Waals surface area contributed by atoms with Gasteiger partial charge in [-0.2, -0.15) is 0 Å². The van der Waals surface area contributed by atoms with Crippen LogP contribution in [-0.2, 0) is 0 Å². The first-order valence-electron chi connectivity index (χ1n) is 4.61. The third-order valence-electron chi connectivity index (χ3n) is 1.14. The number of hydrogen-bond donors (Lipinski definition) is 1. The van der Waals surface area contributed by atoms with E-state index in [9.17, 15) is 0 Å². The van der Waals surface area contributed by atoms with Crippen LogP contribution in [0.5, 0.6) is 5.88 Å². The van der Waals surface area contributed by atoms with Gasteiger partial charge in [0.05, 0.1) is 4.11 Å². The molecule has 1 rings (SSSR count). The molecule has 1 N–H and O–H groups in total. The molecule has 1 heterocycles. The number of hydrogen-bond acceptors (Lipinski definition) is 2. The summed E-state index contributed by atoms with van der Waals surface area (Å²) in [6.45, 7) is 3.64. The standard InChI is InChI=1S/C8H11NO/c1-6(2)7-4-3-5-8(10)9-7/h3-6H,1-2H3,(H,9,10)/i3D,4D,5D. The molecule has 0 fully saturated rings. The monoisotopic (exact) mass is 140 g/mol. The SMILES string of the molecule is [2H]c1c(O)nc(C(C)C)c([2H])c1[2H]. The fraction of sp³-hybridized carbons (Fsp3) is 0.375. The first kappa shape index (κ1) is 3.96. The number of nitrogens with zero attached hydrogens (tertiary/aromatic N) is 1. The van der Waals surface area contributed by atoms with Gasteiger partial charge in [-0.3, -0.25) is 0 Å². The molecule has 10 heavy (non-hydrogen) atoms. The molecule has 0 aliphatic heterocycles. The molecule has 0 atom stereocenters. The predicted molar refractivity (Wildman–Crippen MR) is 40.0 cm³/mol. The highest BCUT2D eigenvalue weighted by Gasteiger charge is 1.99. The Balaban J connectivity index is 3.41. The van der Waals surface area contributed by atoms with Gasteiger partial charge in [-0.25, -0.2) is 4.98 Å². The predicted octanol–water partition coefficient (Wildman–Crippen LogP) is 1.91. The zero-order chi connectivity index (χ0) is 10.2. The van der Waals surface area contributed by atoms with Crippen LogP contribution in [0.1, 0.15) is 29.6 Å². The van der Waals surface area contributed by atoms with Gasteiger partial charge in [0.15, 0.2) is 0 Å². The van der Waals surface area contributed by atoms with E-state index in [1.807, 2.05) is 13.8 Å². The van der Waals surface area contributed by atoms with Gasteiger partial charge in [0.25, 0.3) is 0 Å². The molecule has 0 radical (unpaired) electrons. The Kier molecular flexibility index (Phi) is 1.07. The molecule has 0 aromatic carbocycles. The van der Waals surface area contributed by atoms with Crippen LogP contribution in [0.2, 0.25) is 0 Å². The van der Waals surface area contributed by atoms with Gasteiger partial charge in [0.1, 0.15) is 0 Å². The van der Waals surface area contributed by atoms with E-state index < -0.39 is 5.88 Å². The summed E-state index contributed by atoms with van der Waals surface area (Å²) in [7, 11) is 0. The average Bonchev–Trinajstić information content (AvgIpc) is 2.07. The van der Waals surface area contributed by atoms with Crippen molar-refractivity contribution in [3.8, 4) is 5.88 Å². The molecule has 0 spiro atoms. The maximum Gasteiger partial charge on any atom is 0.210 e. The van der Waals surface area contributed by atoms with E-state index in [0.717, 1.165) is 0 Å². The Hall–Kier alpha value is -1.05. The average molecular weight is 140 g/mol. The van der Waals surface area contributed by atoms with Gasteiger partial charge in [-0.15, -0.1) is 0 Å². The number of aromatic nitrogens is 1. The molecule has 54 valence electrons. The number of pyridine rings is 1. The van der Waals surface area contributed by atoms with Crippen molar-refractivity contribution in [1.29, 1.82) is 0 Å². The van der Waals surface area contributed by atoms with Gasteiger partial charge < -0.3 is 5.11 Å². The third-order valence-corrected chi connectivity index (χ3v) is 1.14. The second-order valence-corrected chi connectivity index (χ2v) is 2.35. The van der Waals surface area contributed by atoms with Crippen molar-refractivity contribution >= 4 is 0 Å². The smallest absolute Gasteiger partial charge is 0.210 e. The van der Waals surface area contributed by atoms with Crippen molar-refractivity contribution in [2.45, 2.75) is 19.8 Å². The molecular weight excluding hydrogens is 126 g/mol. The van der Waals surface area contributed by atoms with E-state index in [1.165, 1.54) is 0 Å². The molecule has 0 aliphatic carbocycles. The summed E-state index contributed by atoms with van der Waals surface area (Å²) in [6, 6.07) is -0.719. The van der Waals surface area contributed by atoms with Gasteiger partial charge in [0.2, 0.25) is 5.88 Å². The van der Waals surface area contributed by atoms with Crippen LogP contribution >= 0.6 is 0 Å². The zero-order valence-electron chi connectivity index (χ0n) is 8.97. The Morgan fingerprint density at radius 3 is 2.90 bits per heavy atom. The van der Waals surface area contributed by atoms with Crippen molar-refractivity contribution in [2.75, 3.05) is 0 Å². The summed E-state index contributed by atoms with van der Waals surface area (Å²) < 4.78 is 22.0. The van der Waals surface area contributed by atoms with E-state index in [2.05, 4.69) is 4.98 Å². The highest BCUT2D eigenvalue weighted by Crippen LogP contribution is 2.13. The minimum atomic E-state index is -0.468. The minimum Gasteiger partial charge on any atom is -0.493 e. The second kappa shape index (κ2) is 2.69. The maximum absolute atomic E-state index is 9.15. The van der Waals surface area contributed by atoms with Crippen molar-refractivity contribution in [2.24, 2.45) is 0 Å².